The van der Waals surface area contributed by atoms with E-state index >= 15 is 0 Å². The number of aryl methyl sites for hydroxylation is 2. The minimum absolute atomic E-state index is 0.0437. The molecule has 0 aliphatic carbocycles. The number of esters is 1. The van der Waals surface area contributed by atoms with Crippen LogP contribution >= 0.6 is 0 Å². The van der Waals surface area contributed by atoms with Gasteiger partial charge in [0.25, 0.3) is 5.91 Å². The number of carbonyl (C=O) groups is 3. The van der Waals surface area contributed by atoms with Crippen LogP contribution in [0.25, 0.3) is 0 Å². The molecule has 0 spiro atoms. The number of amides is 1. The highest BCUT2D eigenvalue weighted by atomic mass is 16.7. The maximum absolute atomic E-state index is 12.2. The molecule has 0 fully saturated rings. The van der Waals surface area contributed by atoms with Crippen LogP contribution in [-0.4, -0.2) is 37.7 Å². The number of anilines is 1. The average Bonchev–Trinajstić information content (AvgIpc) is 3.12. The van der Waals surface area contributed by atoms with Gasteiger partial charge in [-0.1, -0.05) is 18.2 Å². The van der Waals surface area contributed by atoms with Crippen molar-refractivity contribution in [3.05, 3.63) is 47.0 Å². The van der Waals surface area contributed by atoms with E-state index in [1.165, 1.54) is 19.1 Å². The summed E-state index contributed by atoms with van der Waals surface area (Å²) in [6.07, 6.45) is 0. The van der Waals surface area contributed by atoms with E-state index in [4.69, 9.17) is 18.9 Å². The van der Waals surface area contributed by atoms with Crippen LogP contribution in [0.3, 0.4) is 0 Å². The average molecular weight is 399 g/mol. The molecule has 2 aromatic rings. The summed E-state index contributed by atoms with van der Waals surface area (Å²) in [7, 11) is 0. The topological polar surface area (TPSA) is 100 Å². The summed E-state index contributed by atoms with van der Waals surface area (Å²) in [5, 5.41) is 2.56. The maximum Gasteiger partial charge on any atom is 0.344 e. The normalized spacial score (nSPS) is 11.7. The van der Waals surface area contributed by atoms with Crippen molar-refractivity contribution in [1.29, 1.82) is 0 Å². The number of hydrogen-bond donors (Lipinski definition) is 1. The molecule has 1 N–H and O–H groups in total. The van der Waals surface area contributed by atoms with Crippen LogP contribution in [0.15, 0.2) is 30.3 Å². The van der Waals surface area contributed by atoms with Gasteiger partial charge in [-0.25, -0.2) is 4.79 Å². The van der Waals surface area contributed by atoms with E-state index in [9.17, 15) is 14.4 Å². The zero-order valence-corrected chi connectivity index (χ0v) is 16.4. The molecular formula is C21H21NO7. The highest BCUT2D eigenvalue weighted by Crippen LogP contribution is 2.37. The Hall–Kier alpha value is -3.55. The van der Waals surface area contributed by atoms with E-state index in [1.54, 1.807) is 0 Å². The molecule has 152 valence electrons. The molecule has 0 aromatic heterocycles. The van der Waals surface area contributed by atoms with Gasteiger partial charge >= 0.3 is 5.97 Å². The molecule has 0 saturated carbocycles. The van der Waals surface area contributed by atoms with Gasteiger partial charge in [0.1, 0.15) is 5.75 Å². The maximum atomic E-state index is 12.2. The molecule has 1 aliphatic rings. The number of para-hydroxylation sites is 1. The van der Waals surface area contributed by atoms with Gasteiger partial charge in [-0.2, -0.15) is 0 Å². The number of nitrogens with one attached hydrogen (secondary N) is 1. The summed E-state index contributed by atoms with van der Waals surface area (Å²) < 4.78 is 21.0. The minimum atomic E-state index is -0.680. The molecule has 0 bridgehead atoms. The number of Topliss-reactive ketones (excluding diaryl/α,β-unsaturated/α-hetero) is 1. The van der Waals surface area contributed by atoms with Gasteiger partial charge in [0.2, 0.25) is 6.79 Å². The number of fused-ring (bicyclic) bond motifs is 1. The quantitative estimate of drug-likeness (QED) is 0.564. The van der Waals surface area contributed by atoms with Crippen LogP contribution in [0.1, 0.15) is 28.4 Å². The second-order valence-corrected chi connectivity index (χ2v) is 6.53. The number of benzene rings is 2. The van der Waals surface area contributed by atoms with E-state index in [0.717, 1.165) is 11.1 Å². The summed E-state index contributed by atoms with van der Waals surface area (Å²) in [5.41, 5.74) is 2.33. The Balaban J connectivity index is 1.55. The molecule has 0 saturated heterocycles. The van der Waals surface area contributed by atoms with Crippen LogP contribution in [-0.2, 0) is 14.3 Å². The monoisotopic (exact) mass is 399 g/mol. The van der Waals surface area contributed by atoms with Gasteiger partial charge in [0.15, 0.2) is 30.5 Å². The van der Waals surface area contributed by atoms with Crippen LogP contribution in [0.2, 0.25) is 0 Å². The Kier molecular flexibility index (Phi) is 6.01. The molecule has 0 radical (unpaired) electrons. The zero-order valence-electron chi connectivity index (χ0n) is 16.4. The van der Waals surface area contributed by atoms with E-state index < -0.39 is 18.5 Å². The fourth-order valence-corrected chi connectivity index (χ4v) is 2.87. The molecule has 2 aromatic carbocycles. The molecule has 1 aliphatic heterocycles. The second-order valence-electron chi connectivity index (χ2n) is 6.53. The van der Waals surface area contributed by atoms with E-state index in [0.29, 0.717) is 17.2 Å². The standard InChI is InChI=1S/C21H21NO7/c1-12-5-4-6-13(2)21(12)27-10-20(25)26-9-19(24)22-16-8-18-17(28-11-29-18)7-15(16)14(3)23/h4-8H,9-11H2,1-3H3,(H,22,24). The summed E-state index contributed by atoms with van der Waals surface area (Å²) in [5.74, 6) is -0.0578. The SMILES string of the molecule is CC(=O)c1cc2c(cc1NC(=O)COC(=O)COc1c(C)cccc1C)OCO2. The molecular weight excluding hydrogens is 378 g/mol. The predicted octanol–water partition coefficient (Wildman–Crippen LogP) is 2.80. The molecule has 8 heteroatoms. The van der Waals surface area contributed by atoms with Crippen molar-refractivity contribution in [3.8, 4) is 17.2 Å². The Morgan fingerprint density at radius 3 is 2.34 bits per heavy atom. The lowest BCUT2D eigenvalue weighted by Crippen LogP contribution is -2.24. The van der Waals surface area contributed by atoms with Gasteiger partial charge in [-0.3, -0.25) is 9.59 Å². The number of ether oxygens (including phenoxy) is 4. The summed E-state index contributed by atoms with van der Waals surface area (Å²) in [6, 6.07) is 8.65. The summed E-state index contributed by atoms with van der Waals surface area (Å²) in [4.78, 5) is 35.9. The van der Waals surface area contributed by atoms with E-state index in [1.807, 2.05) is 32.0 Å². The van der Waals surface area contributed by atoms with Gasteiger partial charge in [-0.05, 0) is 38.0 Å². The molecule has 29 heavy (non-hydrogen) atoms. The third-order valence-corrected chi connectivity index (χ3v) is 4.27. The highest BCUT2D eigenvalue weighted by Gasteiger charge is 2.21. The van der Waals surface area contributed by atoms with Crippen LogP contribution < -0.4 is 19.5 Å². The third-order valence-electron chi connectivity index (χ3n) is 4.27. The van der Waals surface area contributed by atoms with Gasteiger partial charge < -0.3 is 24.3 Å². The van der Waals surface area contributed by atoms with Gasteiger partial charge in [0, 0.05) is 11.6 Å². The first kappa shape index (κ1) is 20.2. The number of carbonyl (C=O) groups excluding carboxylic acids is 3. The summed E-state index contributed by atoms with van der Waals surface area (Å²) >= 11 is 0. The van der Waals surface area contributed by atoms with Crippen molar-refractivity contribution in [1.82, 2.24) is 0 Å². The van der Waals surface area contributed by atoms with Crippen molar-refractivity contribution in [2.45, 2.75) is 20.8 Å². The van der Waals surface area contributed by atoms with Crippen LogP contribution in [0, 0.1) is 13.8 Å². The number of rotatable bonds is 7. The molecule has 3 rings (SSSR count). The lowest BCUT2D eigenvalue weighted by Gasteiger charge is -2.12. The molecule has 1 amide bonds. The predicted molar refractivity (Wildman–Crippen MR) is 104 cm³/mol. The lowest BCUT2D eigenvalue weighted by atomic mass is 10.1. The Morgan fingerprint density at radius 1 is 1.03 bits per heavy atom. The fraction of sp³-hybridized carbons (Fsp3) is 0.286. The third kappa shape index (κ3) is 4.84. The highest BCUT2D eigenvalue weighted by molar-refractivity contribution is 6.05. The van der Waals surface area contributed by atoms with Gasteiger partial charge in [-0.15, -0.1) is 0 Å². The fourth-order valence-electron chi connectivity index (χ4n) is 2.87. The number of hydrogen-bond acceptors (Lipinski definition) is 7. The molecule has 8 nitrogen and oxygen atoms in total. The van der Waals surface area contributed by atoms with Crippen LogP contribution in [0.4, 0.5) is 5.69 Å². The molecule has 0 atom stereocenters. The Bertz CT molecular complexity index is 947. The molecule has 0 unspecified atom stereocenters. The summed E-state index contributed by atoms with van der Waals surface area (Å²) in [6.45, 7) is 4.33. The van der Waals surface area contributed by atoms with Crippen molar-refractivity contribution in [3.63, 3.8) is 0 Å². The van der Waals surface area contributed by atoms with Crippen molar-refractivity contribution < 1.29 is 33.3 Å². The first-order chi connectivity index (χ1) is 13.8. The molecule has 1 heterocycles. The van der Waals surface area contributed by atoms with E-state index in [2.05, 4.69) is 5.32 Å². The van der Waals surface area contributed by atoms with Crippen molar-refractivity contribution >= 4 is 23.3 Å². The minimum Gasteiger partial charge on any atom is -0.481 e. The van der Waals surface area contributed by atoms with Crippen molar-refractivity contribution in [2.75, 3.05) is 25.3 Å². The lowest BCUT2D eigenvalue weighted by molar-refractivity contribution is -0.149. The second kappa shape index (κ2) is 8.64. The van der Waals surface area contributed by atoms with E-state index in [-0.39, 0.29) is 30.4 Å². The van der Waals surface area contributed by atoms with Gasteiger partial charge in [0.05, 0.1) is 5.69 Å². The smallest absolute Gasteiger partial charge is 0.344 e. The largest absolute Gasteiger partial charge is 0.481 e. The Labute approximate surface area is 167 Å². The zero-order chi connectivity index (χ0) is 21.0. The van der Waals surface area contributed by atoms with Crippen LogP contribution in [0.5, 0.6) is 17.2 Å². The number of ketones is 1. The first-order valence-electron chi connectivity index (χ1n) is 8.94. The Morgan fingerprint density at radius 2 is 1.69 bits per heavy atom. The van der Waals surface area contributed by atoms with Crippen molar-refractivity contribution in [2.24, 2.45) is 0 Å². The first-order valence-corrected chi connectivity index (χ1v) is 8.94.